The molecule has 1 aromatic carbocycles. The van der Waals surface area contributed by atoms with Gasteiger partial charge in [-0.2, -0.15) is 4.31 Å². The highest BCUT2D eigenvalue weighted by Gasteiger charge is 2.29. The molecule has 0 unspecified atom stereocenters. The fraction of sp³-hybridized carbons (Fsp3) is 0.263. The predicted octanol–water partition coefficient (Wildman–Crippen LogP) is 3.64. The van der Waals surface area contributed by atoms with Crippen molar-refractivity contribution in [1.29, 1.82) is 0 Å². The molecule has 0 atom stereocenters. The van der Waals surface area contributed by atoms with E-state index in [1.807, 2.05) is 0 Å². The number of benzene rings is 1. The molecule has 2 aromatic heterocycles. The molecule has 1 fully saturated rings. The highest BCUT2D eigenvalue weighted by atomic mass is 35.5. The lowest BCUT2D eigenvalue weighted by molar-refractivity contribution is 0.0730. The second kappa shape index (κ2) is 8.48. The number of nitrogens with zero attached hydrogens (tertiary/aromatic N) is 2. The molecule has 0 radical (unpaired) electrons. The van der Waals surface area contributed by atoms with Gasteiger partial charge in [0, 0.05) is 23.7 Å². The largest absolute Gasteiger partial charge is 0.462 e. The van der Waals surface area contributed by atoms with E-state index in [0.717, 1.165) is 0 Å². The van der Waals surface area contributed by atoms with Crippen LogP contribution in [0.25, 0.3) is 10.8 Å². The van der Waals surface area contributed by atoms with Crippen molar-refractivity contribution < 1.29 is 22.4 Å². The van der Waals surface area contributed by atoms with Crippen molar-refractivity contribution in [1.82, 2.24) is 9.29 Å². The average Bonchev–Trinajstić information content (AvgIpc) is 3.39. The molecule has 158 valence electrons. The Balaban J connectivity index is 1.58. The molecule has 1 aliphatic heterocycles. The summed E-state index contributed by atoms with van der Waals surface area (Å²) in [6.07, 6.45) is 1.54. The monoisotopic (exact) mass is 467 g/mol. The molecule has 1 aliphatic rings. The first-order chi connectivity index (χ1) is 14.4. The summed E-state index contributed by atoms with van der Waals surface area (Å²) in [5.41, 5.74) is 0.558. The Labute approximate surface area is 182 Å². The number of furan rings is 1. The van der Waals surface area contributed by atoms with Gasteiger partial charge >= 0.3 is 0 Å². The van der Waals surface area contributed by atoms with Crippen molar-refractivity contribution in [2.24, 2.45) is 0 Å². The Morgan fingerprint density at radius 2 is 2.03 bits per heavy atom. The molecule has 1 saturated heterocycles. The van der Waals surface area contributed by atoms with Crippen LogP contribution in [0.4, 0.5) is 5.69 Å². The highest BCUT2D eigenvalue weighted by Crippen LogP contribution is 2.30. The second-order valence-corrected chi connectivity index (χ2v) is 10.0. The van der Waals surface area contributed by atoms with Crippen LogP contribution < -0.4 is 5.32 Å². The molecule has 4 rings (SSSR count). The third-order valence-electron chi connectivity index (χ3n) is 4.52. The van der Waals surface area contributed by atoms with Crippen LogP contribution in [0, 0.1) is 6.92 Å². The molecular weight excluding hydrogens is 450 g/mol. The van der Waals surface area contributed by atoms with E-state index >= 15 is 0 Å². The maximum Gasteiger partial charge on any atom is 0.275 e. The normalized spacial score (nSPS) is 15.3. The van der Waals surface area contributed by atoms with E-state index in [1.165, 1.54) is 34.0 Å². The molecule has 30 heavy (non-hydrogen) atoms. The van der Waals surface area contributed by atoms with Gasteiger partial charge in [-0.3, -0.25) is 4.79 Å². The molecule has 0 aliphatic carbocycles. The summed E-state index contributed by atoms with van der Waals surface area (Å²) in [4.78, 5) is 17.8. The summed E-state index contributed by atoms with van der Waals surface area (Å²) in [6.45, 7) is 2.95. The van der Waals surface area contributed by atoms with Gasteiger partial charge in [0.2, 0.25) is 10.0 Å². The van der Waals surface area contributed by atoms with Gasteiger partial charge in [-0.05, 0) is 37.3 Å². The summed E-state index contributed by atoms with van der Waals surface area (Å²) in [5, 5.41) is 3.39. The second-order valence-electron chi connectivity index (χ2n) is 6.52. The van der Waals surface area contributed by atoms with Gasteiger partial charge in [-0.15, -0.1) is 11.3 Å². The van der Waals surface area contributed by atoms with Crippen LogP contribution in [-0.2, 0) is 14.8 Å². The topological polar surface area (TPSA) is 102 Å². The van der Waals surface area contributed by atoms with Crippen LogP contribution in [0.2, 0.25) is 5.02 Å². The maximum absolute atomic E-state index is 13.0. The third-order valence-corrected chi connectivity index (χ3v) is 7.89. The van der Waals surface area contributed by atoms with Crippen molar-refractivity contribution in [3.63, 3.8) is 0 Å². The number of aryl methyl sites for hydroxylation is 1. The number of carbonyl (C=O) groups excluding carboxylic acids is 1. The van der Waals surface area contributed by atoms with Crippen molar-refractivity contribution >= 4 is 44.6 Å². The van der Waals surface area contributed by atoms with Crippen LogP contribution >= 0.6 is 22.9 Å². The number of hydrogen-bond donors (Lipinski definition) is 1. The SMILES string of the molecule is Cc1sc(-c2ccco2)nc1C(=O)Nc1ccc(Cl)c(S(=O)(=O)N2CCOCC2)c1. The van der Waals surface area contributed by atoms with Gasteiger partial charge in [0.15, 0.2) is 10.8 Å². The fourth-order valence-corrected chi connectivity index (χ4v) is 5.79. The number of nitrogens with one attached hydrogen (secondary N) is 1. The minimum absolute atomic E-state index is 0.0601. The minimum atomic E-state index is -3.81. The Morgan fingerprint density at radius 1 is 1.27 bits per heavy atom. The first-order valence-corrected chi connectivity index (χ1v) is 11.7. The molecule has 3 aromatic rings. The Kier molecular flexibility index (Phi) is 5.94. The molecule has 3 heterocycles. The molecule has 1 amide bonds. The van der Waals surface area contributed by atoms with Crippen molar-refractivity contribution in [3.05, 3.63) is 52.2 Å². The number of ether oxygens (including phenoxy) is 1. The number of hydrogen-bond acceptors (Lipinski definition) is 7. The molecule has 0 saturated carbocycles. The molecule has 0 spiro atoms. The zero-order chi connectivity index (χ0) is 21.3. The summed E-state index contributed by atoms with van der Waals surface area (Å²) in [7, 11) is -3.81. The number of sulfonamides is 1. The van der Waals surface area contributed by atoms with E-state index in [0.29, 0.717) is 34.5 Å². The Bertz CT molecular complexity index is 1170. The number of rotatable bonds is 5. The van der Waals surface area contributed by atoms with Crippen molar-refractivity contribution in [2.45, 2.75) is 11.8 Å². The van der Waals surface area contributed by atoms with Crippen LogP contribution in [0.1, 0.15) is 15.4 Å². The number of aromatic nitrogens is 1. The van der Waals surface area contributed by atoms with Crippen LogP contribution in [-0.4, -0.2) is 49.9 Å². The number of morpholine rings is 1. The van der Waals surface area contributed by atoms with E-state index in [1.54, 1.807) is 25.1 Å². The highest BCUT2D eigenvalue weighted by molar-refractivity contribution is 7.89. The number of carbonyl (C=O) groups is 1. The lowest BCUT2D eigenvalue weighted by Crippen LogP contribution is -2.40. The van der Waals surface area contributed by atoms with Crippen LogP contribution in [0.3, 0.4) is 0 Å². The van der Waals surface area contributed by atoms with Crippen molar-refractivity contribution in [2.75, 3.05) is 31.6 Å². The van der Waals surface area contributed by atoms with Gasteiger partial charge in [-0.1, -0.05) is 11.6 Å². The maximum atomic E-state index is 13.0. The molecule has 8 nitrogen and oxygen atoms in total. The van der Waals surface area contributed by atoms with E-state index in [2.05, 4.69) is 10.3 Å². The predicted molar refractivity (Wildman–Crippen MR) is 114 cm³/mol. The first-order valence-electron chi connectivity index (χ1n) is 9.06. The fourth-order valence-electron chi connectivity index (χ4n) is 3.01. The van der Waals surface area contributed by atoms with Crippen molar-refractivity contribution in [3.8, 4) is 10.8 Å². The lowest BCUT2D eigenvalue weighted by Gasteiger charge is -2.26. The molecule has 0 bridgehead atoms. The third kappa shape index (κ3) is 4.14. The summed E-state index contributed by atoms with van der Waals surface area (Å²) < 4.78 is 37.8. The Hall–Kier alpha value is -2.24. The zero-order valence-electron chi connectivity index (χ0n) is 15.9. The van der Waals surface area contributed by atoms with Gasteiger partial charge in [0.1, 0.15) is 10.6 Å². The van der Waals surface area contributed by atoms with E-state index in [-0.39, 0.29) is 28.7 Å². The van der Waals surface area contributed by atoms with E-state index in [9.17, 15) is 13.2 Å². The summed E-state index contributed by atoms with van der Waals surface area (Å²) in [5.74, 6) is 0.131. The number of thiazole rings is 1. The van der Waals surface area contributed by atoms with Gasteiger partial charge < -0.3 is 14.5 Å². The smallest absolute Gasteiger partial charge is 0.275 e. The van der Waals surface area contributed by atoms with E-state index < -0.39 is 15.9 Å². The summed E-state index contributed by atoms with van der Waals surface area (Å²) in [6, 6.07) is 7.87. The van der Waals surface area contributed by atoms with Crippen LogP contribution in [0.5, 0.6) is 0 Å². The number of halogens is 1. The van der Waals surface area contributed by atoms with Crippen LogP contribution in [0.15, 0.2) is 45.9 Å². The zero-order valence-corrected chi connectivity index (χ0v) is 18.3. The van der Waals surface area contributed by atoms with Gasteiger partial charge in [0.05, 0.1) is 24.5 Å². The number of anilines is 1. The van der Waals surface area contributed by atoms with E-state index in [4.69, 9.17) is 20.8 Å². The standard InChI is InChI=1S/C19H18ClN3O5S2/c1-12-17(22-19(29-12)15-3-2-8-28-15)18(24)21-13-4-5-14(20)16(11-13)30(25,26)23-6-9-27-10-7-23/h2-5,8,11H,6-7,9-10H2,1H3,(H,21,24). The Morgan fingerprint density at radius 3 is 2.73 bits per heavy atom. The lowest BCUT2D eigenvalue weighted by atomic mass is 10.3. The molecule has 1 N–H and O–H groups in total. The van der Waals surface area contributed by atoms with Gasteiger partial charge in [0.25, 0.3) is 5.91 Å². The first kappa shape index (κ1) is 21.0. The molecular formula is C19H18ClN3O5S2. The quantitative estimate of drug-likeness (QED) is 0.614. The molecule has 11 heteroatoms. The number of amides is 1. The minimum Gasteiger partial charge on any atom is -0.462 e. The summed E-state index contributed by atoms with van der Waals surface area (Å²) >= 11 is 7.51. The van der Waals surface area contributed by atoms with Gasteiger partial charge in [-0.25, -0.2) is 13.4 Å². The average molecular weight is 468 g/mol.